The lowest BCUT2D eigenvalue weighted by Gasteiger charge is -2.05. The molecule has 126 valence electrons. The molecule has 4 aromatic rings. The molecule has 0 aromatic carbocycles. The number of imidazole rings is 2. The highest BCUT2D eigenvalue weighted by Crippen LogP contribution is 2.41. The van der Waals surface area contributed by atoms with E-state index in [1.807, 2.05) is 28.8 Å². The topological polar surface area (TPSA) is 68.0 Å². The van der Waals surface area contributed by atoms with E-state index in [1.54, 1.807) is 10.8 Å². The molecule has 0 aliphatic heterocycles. The van der Waals surface area contributed by atoms with Crippen LogP contribution in [-0.2, 0) is 6.54 Å². The molecule has 25 heavy (non-hydrogen) atoms. The molecule has 8 heteroatoms. The van der Waals surface area contributed by atoms with Crippen LogP contribution in [0.15, 0.2) is 35.4 Å². The molecule has 0 unspecified atom stereocenters. The van der Waals surface area contributed by atoms with Gasteiger partial charge in [0.15, 0.2) is 0 Å². The second kappa shape index (κ2) is 5.57. The Bertz CT molecular complexity index is 1190. The van der Waals surface area contributed by atoms with Crippen LogP contribution in [0.5, 0.6) is 0 Å². The summed E-state index contributed by atoms with van der Waals surface area (Å²) in [5.74, 6) is 0.462. The van der Waals surface area contributed by atoms with E-state index >= 15 is 0 Å². The molecule has 1 N–H and O–H groups in total. The van der Waals surface area contributed by atoms with Crippen molar-refractivity contribution in [3.8, 4) is 0 Å². The molecule has 1 saturated carbocycles. The Kier molecular flexibility index (Phi) is 3.43. The van der Waals surface area contributed by atoms with Gasteiger partial charge in [0.2, 0.25) is 0 Å². The van der Waals surface area contributed by atoms with Crippen LogP contribution >= 0.6 is 34.2 Å². The lowest BCUT2D eigenvalue weighted by molar-refractivity contribution is 0.759. The minimum absolute atomic E-state index is 0.129. The average molecular weight is 466 g/mol. The quantitative estimate of drug-likeness (QED) is 0.471. The van der Waals surface area contributed by atoms with Gasteiger partial charge in [0.05, 0.1) is 29.0 Å². The van der Waals surface area contributed by atoms with Gasteiger partial charge in [0, 0.05) is 29.4 Å². The molecule has 0 saturated heterocycles. The lowest BCUT2D eigenvalue weighted by Crippen LogP contribution is -2.18. The van der Waals surface area contributed by atoms with Crippen LogP contribution < -0.4 is 5.69 Å². The molecule has 0 radical (unpaired) electrons. The van der Waals surface area contributed by atoms with Crippen molar-refractivity contribution in [1.82, 2.24) is 23.9 Å². The number of rotatable bonds is 3. The van der Waals surface area contributed by atoms with Crippen molar-refractivity contribution in [2.45, 2.75) is 25.3 Å². The van der Waals surface area contributed by atoms with Gasteiger partial charge < -0.3 is 4.98 Å². The second-order valence-corrected chi connectivity index (χ2v) is 7.76. The Morgan fingerprint density at radius 2 is 2.20 bits per heavy atom. The first-order chi connectivity index (χ1) is 12.1. The Hall–Kier alpha value is -1.87. The zero-order chi connectivity index (χ0) is 17.1. The van der Waals surface area contributed by atoms with E-state index in [4.69, 9.17) is 11.6 Å². The fourth-order valence-electron chi connectivity index (χ4n) is 3.23. The fraction of sp³-hybridized carbons (Fsp3) is 0.235. The highest BCUT2D eigenvalue weighted by Gasteiger charge is 2.29. The Morgan fingerprint density at radius 1 is 1.36 bits per heavy atom. The van der Waals surface area contributed by atoms with Gasteiger partial charge in [-0.15, -0.1) is 0 Å². The number of H-pyrrole nitrogens is 1. The standard InChI is InChI=1S/C17H13ClIN5O/c18-10-4-6-23-13(7-10)21-12(16(23)19)8-24-15-11(22-17(24)25)3-5-20-14(15)9-1-2-9/h3-7,9H,1-2,8H2,(H,22,25). The third kappa shape index (κ3) is 2.48. The summed E-state index contributed by atoms with van der Waals surface area (Å²) in [5.41, 5.74) is 4.25. The number of nitrogens with zero attached hydrogens (tertiary/aromatic N) is 4. The van der Waals surface area contributed by atoms with Gasteiger partial charge in [0.25, 0.3) is 0 Å². The Balaban J connectivity index is 1.69. The molecule has 5 rings (SSSR count). The van der Waals surface area contributed by atoms with Crippen molar-refractivity contribution >= 4 is 50.9 Å². The smallest absolute Gasteiger partial charge is 0.305 e. The van der Waals surface area contributed by atoms with Gasteiger partial charge in [-0.05, 0) is 47.6 Å². The van der Waals surface area contributed by atoms with Crippen molar-refractivity contribution in [1.29, 1.82) is 0 Å². The van der Waals surface area contributed by atoms with Crippen molar-refractivity contribution in [3.05, 3.63) is 61.2 Å². The number of pyridine rings is 2. The second-order valence-electron chi connectivity index (χ2n) is 6.31. The molecule has 1 aliphatic carbocycles. The number of aromatic amines is 1. The Morgan fingerprint density at radius 3 is 3.00 bits per heavy atom. The SMILES string of the molecule is O=c1[nH]c2ccnc(C3CC3)c2n1Cc1nc2cc(Cl)ccn2c1I. The van der Waals surface area contributed by atoms with Crippen LogP contribution in [0, 0.1) is 3.70 Å². The van der Waals surface area contributed by atoms with Crippen molar-refractivity contribution in [2.75, 3.05) is 0 Å². The van der Waals surface area contributed by atoms with Gasteiger partial charge in [0.1, 0.15) is 9.35 Å². The van der Waals surface area contributed by atoms with Gasteiger partial charge in [-0.3, -0.25) is 14.0 Å². The number of halogens is 2. The van der Waals surface area contributed by atoms with Crippen LogP contribution in [0.1, 0.15) is 30.1 Å². The largest absolute Gasteiger partial charge is 0.326 e. The first kappa shape index (κ1) is 15.4. The maximum absolute atomic E-state index is 12.5. The summed E-state index contributed by atoms with van der Waals surface area (Å²) in [5, 5.41) is 0.643. The minimum atomic E-state index is -0.129. The van der Waals surface area contributed by atoms with Gasteiger partial charge in [-0.25, -0.2) is 9.78 Å². The molecule has 1 fully saturated rings. The molecular formula is C17H13ClIN5O. The van der Waals surface area contributed by atoms with Crippen molar-refractivity contribution in [3.63, 3.8) is 0 Å². The van der Waals surface area contributed by atoms with E-state index in [-0.39, 0.29) is 5.69 Å². The van der Waals surface area contributed by atoms with Crippen LogP contribution in [-0.4, -0.2) is 23.9 Å². The van der Waals surface area contributed by atoms with Gasteiger partial charge in [-0.1, -0.05) is 11.6 Å². The van der Waals surface area contributed by atoms with E-state index in [2.05, 4.69) is 37.5 Å². The number of hydrogen-bond donors (Lipinski definition) is 1. The molecule has 6 nitrogen and oxygen atoms in total. The molecule has 4 heterocycles. The average Bonchev–Trinajstić information content (AvgIpc) is 3.32. The monoisotopic (exact) mass is 465 g/mol. The molecule has 0 bridgehead atoms. The zero-order valence-electron chi connectivity index (χ0n) is 13.0. The molecular weight excluding hydrogens is 453 g/mol. The molecule has 1 aliphatic rings. The van der Waals surface area contributed by atoms with Crippen LogP contribution in [0.2, 0.25) is 5.02 Å². The van der Waals surface area contributed by atoms with E-state index < -0.39 is 0 Å². The predicted octanol–water partition coefficient (Wildman–Crippen LogP) is 3.56. The third-order valence-corrected chi connectivity index (χ3v) is 5.95. The highest BCUT2D eigenvalue weighted by molar-refractivity contribution is 14.1. The lowest BCUT2D eigenvalue weighted by atomic mass is 10.2. The summed E-state index contributed by atoms with van der Waals surface area (Å²) in [6, 6.07) is 5.51. The third-order valence-electron chi connectivity index (χ3n) is 4.58. The Labute approximate surface area is 161 Å². The fourth-order valence-corrected chi connectivity index (χ4v) is 4.09. The number of hydrogen-bond acceptors (Lipinski definition) is 3. The zero-order valence-corrected chi connectivity index (χ0v) is 16.0. The summed E-state index contributed by atoms with van der Waals surface area (Å²) >= 11 is 8.32. The molecule has 0 amide bonds. The van der Waals surface area contributed by atoms with Crippen molar-refractivity contribution < 1.29 is 0 Å². The van der Waals surface area contributed by atoms with E-state index in [9.17, 15) is 4.79 Å². The van der Waals surface area contributed by atoms with Gasteiger partial charge >= 0.3 is 5.69 Å². The number of aromatic nitrogens is 5. The van der Waals surface area contributed by atoms with Gasteiger partial charge in [-0.2, -0.15) is 0 Å². The van der Waals surface area contributed by atoms with E-state index in [1.165, 1.54) is 0 Å². The summed E-state index contributed by atoms with van der Waals surface area (Å²) in [4.78, 5) is 24.7. The number of fused-ring (bicyclic) bond motifs is 2. The van der Waals surface area contributed by atoms with Crippen LogP contribution in [0.3, 0.4) is 0 Å². The summed E-state index contributed by atoms with van der Waals surface area (Å²) < 4.78 is 4.70. The maximum Gasteiger partial charge on any atom is 0.326 e. The summed E-state index contributed by atoms with van der Waals surface area (Å²) in [6.45, 7) is 0.405. The van der Waals surface area contributed by atoms with Crippen molar-refractivity contribution in [2.24, 2.45) is 0 Å². The molecule has 0 spiro atoms. The van der Waals surface area contributed by atoms with Crippen LogP contribution in [0.4, 0.5) is 0 Å². The van der Waals surface area contributed by atoms with E-state index in [0.717, 1.165) is 44.6 Å². The number of nitrogens with one attached hydrogen (secondary N) is 1. The predicted molar refractivity (Wildman–Crippen MR) is 104 cm³/mol. The van der Waals surface area contributed by atoms with E-state index in [0.29, 0.717) is 17.5 Å². The highest BCUT2D eigenvalue weighted by atomic mass is 127. The summed E-state index contributed by atoms with van der Waals surface area (Å²) in [7, 11) is 0. The first-order valence-corrected chi connectivity index (χ1v) is 9.47. The molecule has 0 atom stereocenters. The summed E-state index contributed by atoms with van der Waals surface area (Å²) in [6.07, 6.45) is 5.93. The maximum atomic E-state index is 12.5. The molecule has 4 aromatic heterocycles. The first-order valence-electron chi connectivity index (χ1n) is 8.01. The van der Waals surface area contributed by atoms with Crippen LogP contribution in [0.25, 0.3) is 16.7 Å². The minimum Gasteiger partial charge on any atom is -0.305 e. The normalized spacial score (nSPS) is 14.6.